The largest absolute Gasteiger partial charge is 0.335 e. The molecule has 0 aliphatic carbocycles. The third-order valence-electron chi connectivity index (χ3n) is 3.59. The van der Waals surface area contributed by atoms with Gasteiger partial charge in [0.2, 0.25) is 0 Å². The van der Waals surface area contributed by atoms with Crippen molar-refractivity contribution < 1.29 is 9.63 Å². The summed E-state index contributed by atoms with van der Waals surface area (Å²) in [6.07, 6.45) is 0. The minimum atomic E-state index is -0.466. The zero-order valence-corrected chi connectivity index (χ0v) is 14.1. The van der Waals surface area contributed by atoms with Crippen molar-refractivity contribution in [2.75, 3.05) is 24.2 Å². The Morgan fingerprint density at radius 1 is 1.50 bits per heavy atom. The molecule has 1 amide bonds. The summed E-state index contributed by atoms with van der Waals surface area (Å²) < 4.78 is 0. The van der Waals surface area contributed by atoms with Crippen molar-refractivity contribution in [3.05, 3.63) is 28.8 Å². The van der Waals surface area contributed by atoms with Gasteiger partial charge >= 0.3 is 0 Å². The summed E-state index contributed by atoms with van der Waals surface area (Å²) in [5, 5.41) is 6.16. The number of carbonyl (C=O) groups is 1. The molecular formula is C15H18ClN3O2S. The standard InChI is InChI=1S/C15H18ClN3O2S/c1-15(2)9-21-19(13(15)20)8-10-3-4-11(7-12(10)16)18-14-17-5-6-22-14/h3-4,7H,5-6,8-9H2,1-2H3,(H,17,18). The molecule has 1 fully saturated rings. The number of amides is 1. The molecule has 0 unspecified atom stereocenters. The fourth-order valence-electron chi connectivity index (χ4n) is 2.26. The van der Waals surface area contributed by atoms with Gasteiger partial charge in [-0.2, -0.15) is 0 Å². The molecule has 7 heteroatoms. The van der Waals surface area contributed by atoms with Gasteiger partial charge in [0, 0.05) is 16.5 Å². The number of halogens is 1. The van der Waals surface area contributed by atoms with Crippen LogP contribution in [0.15, 0.2) is 23.2 Å². The van der Waals surface area contributed by atoms with Crippen LogP contribution < -0.4 is 5.32 Å². The van der Waals surface area contributed by atoms with Crippen LogP contribution in [0.4, 0.5) is 5.69 Å². The van der Waals surface area contributed by atoms with Gasteiger partial charge in [0.15, 0.2) is 5.17 Å². The fraction of sp³-hybridized carbons (Fsp3) is 0.467. The molecule has 2 aliphatic rings. The van der Waals surface area contributed by atoms with Gasteiger partial charge in [-0.3, -0.25) is 14.6 Å². The Labute approximate surface area is 139 Å². The number of aliphatic imine (C=N–C) groups is 1. The smallest absolute Gasteiger partial charge is 0.254 e. The maximum Gasteiger partial charge on any atom is 0.254 e. The van der Waals surface area contributed by atoms with Gasteiger partial charge in [0.05, 0.1) is 25.1 Å². The fourth-order valence-corrected chi connectivity index (χ4v) is 3.25. The number of nitrogens with one attached hydrogen (secondary N) is 1. The Hall–Kier alpha value is -1.24. The van der Waals surface area contributed by atoms with E-state index in [0.29, 0.717) is 18.2 Å². The number of hydrogen-bond donors (Lipinski definition) is 1. The highest BCUT2D eigenvalue weighted by Crippen LogP contribution is 2.30. The zero-order valence-electron chi connectivity index (χ0n) is 12.6. The molecule has 3 rings (SSSR count). The van der Waals surface area contributed by atoms with Gasteiger partial charge in [0.1, 0.15) is 0 Å². The highest BCUT2D eigenvalue weighted by Gasteiger charge is 2.40. The van der Waals surface area contributed by atoms with E-state index in [4.69, 9.17) is 16.4 Å². The second kappa shape index (κ2) is 6.10. The number of hydrogen-bond acceptors (Lipinski definition) is 5. The van der Waals surface area contributed by atoms with Gasteiger partial charge < -0.3 is 5.32 Å². The van der Waals surface area contributed by atoms with E-state index in [1.165, 1.54) is 5.06 Å². The molecule has 0 saturated carbocycles. The van der Waals surface area contributed by atoms with Crippen LogP contribution in [0.3, 0.4) is 0 Å². The van der Waals surface area contributed by atoms with Crippen LogP contribution in [0, 0.1) is 5.41 Å². The molecule has 0 radical (unpaired) electrons. The van der Waals surface area contributed by atoms with Gasteiger partial charge in [-0.15, -0.1) is 0 Å². The van der Waals surface area contributed by atoms with Gasteiger partial charge in [-0.1, -0.05) is 29.4 Å². The number of carbonyl (C=O) groups excluding carboxylic acids is 1. The molecule has 0 atom stereocenters. The summed E-state index contributed by atoms with van der Waals surface area (Å²) in [7, 11) is 0. The minimum Gasteiger partial charge on any atom is -0.335 e. The molecule has 118 valence electrons. The van der Waals surface area contributed by atoms with E-state index in [2.05, 4.69) is 10.3 Å². The molecule has 1 aromatic rings. The second-order valence-corrected chi connectivity index (χ2v) is 7.46. The lowest BCUT2D eigenvalue weighted by Gasteiger charge is -2.17. The van der Waals surface area contributed by atoms with Gasteiger partial charge in [-0.05, 0) is 31.5 Å². The second-order valence-electron chi connectivity index (χ2n) is 5.97. The number of hydroxylamine groups is 2. The van der Waals surface area contributed by atoms with E-state index in [0.717, 1.165) is 28.7 Å². The van der Waals surface area contributed by atoms with Gasteiger partial charge in [-0.25, -0.2) is 5.06 Å². The summed E-state index contributed by atoms with van der Waals surface area (Å²) in [4.78, 5) is 22.0. The lowest BCUT2D eigenvalue weighted by molar-refractivity contribution is -0.165. The van der Waals surface area contributed by atoms with Crippen molar-refractivity contribution >= 4 is 40.1 Å². The molecule has 0 spiro atoms. The molecule has 22 heavy (non-hydrogen) atoms. The summed E-state index contributed by atoms with van der Waals surface area (Å²) in [5.74, 6) is 1.00. The summed E-state index contributed by atoms with van der Waals surface area (Å²) in [5.41, 5.74) is 1.29. The molecular weight excluding hydrogens is 322 g/mol. The van der Waals surface area contributed by atoms with E-state index in [-0.39, 0.29) is 5.91 Å². The Morgan fingerprint density at radius 2 is 2.32 bits per heavy atom. The number of thioether (sulfide) groups is 1. The first-order valence-corrected chi connectivity index (χ1v) is 8.50. The van der Waals surface area contributed by atoms with E-state index in [9.17, 15) is 4.79 Å². The average Bonchev–Trinajstić information content (AvgIpc) is 3.05. The first-order chi connectivity index (χ1) is 10.5. The highest BCUT2D eigenvalue weighted by molar-refractivity contribution is 8.14. The van der Waals surface area contributed by atoms with Crippen LogP contribution >= 0.6 is 23.4 Å². The SMILES string of the molecule is CC1(C)CON(Cc2ccc(NC3=NCCS3)cc2Cl)C1=O. The number of rotatable bonds is 3. The molecule has 1 aromatic carbocycles. The Morgan fingerprint density at radius 3 is 2.91 bits per heavy atom. The van der Waals surface area contributed by atoms with Crippen molar-refractivity contribution in [3.8, 4) is 0 Å². The molecule has 0 bridgehead atoms. The normalized spacial score (nSPS) is 20.4. The monoisotopic (exact) mass is 339 g/mol. The van der Waals surface area contributed by atoms with Crippen molar-refractivity contribution in [2.45, 2.75) is 20.4 Å². The lowest BCUT2D eigenvalue weighted by Crippen LogP contribution is -2.30. The predicted octanol–water partition coefficient (Wildman–Crippen LogP) is 3.15. The predicted molar refractivity (Wildman–Crippen MR) is 90.1 cm³/mol. The topological polar surface area (TPSA) is 53.9 Å². The van der Waals surface area contributed by atoms with E-state index < -0.39 is 5.41 Å². The van der Waals surface area contributed by atoms with Crippen LogP contribution in [-0.4, -0.2) is 35.0 Å². The third kappa shape index (κ3) is 3.24. The first kappa shape index (κ1) is 15.6. The van der Waals surface area contributed by atoms with E-state index in [1.54, 1.807) is 11.8 Å². The lowest BCUT2D eigenvalue weighted by atomic mass is 9.95. The Balaban J connectivity index is 1.69. The van der Waals surface area contributed by atoms with Crippen molar-refractivity contribution in [3.63, 3.8) is 0 Å². The summed E-state index contributed by atoms with van der Waals surface area (Å²) in [6.45, 7) is 5.37. The number of amidine groups is 1. The molecule has 0 aromatic heterocycles. The molecule has 5 nitrogen and oxygen atoms in total. The summed E-state index contributed by atoms with van der Waals surface area (Å²) in [6, 6.07) is 5.70. The van der Waals surface area contributed by atoms with Crippen LogP contribution in [0.25, 0.3) is 0 Å². The minimum absolute atomic E-state index is 0.0116. The Bertz CT molecular complexity index is 633. The maximum atomic E-state index is 12.2. The van der Waals surface area contributed by atoms with Crippen LogP contribution in [0.1, 0.15) is 19.4 Å². The quantitative estimate of drug-likeness (QED) is 0.919. The van der Waals surface area contributed by atoms with E-state index >= 15 is 0 Å². The first-order valence-electron chi connectivity index (χ1n) is 7.13. The van der Waals surface area contributed by atoms with Crippen LogP contribution in [-0.2, 0) is 16.2 Å². The van der Waals surface area contributed by atoms with Crippen LogP contribution in [0.2, 0.25) is 5.02 Å². The zero-order chi connectivity index (χ0) is 15.7. The third-order valence-corrected chi connectivity index (χ3v) is 4.83. The number of nitrogens with zero attached hydrogens (tertiary/aromatic N) is 2. The van der Waals surface area contributed by atoms with Crippen molar-refractivity contribution in [2.24, 2.45) is 10.4 Å². The number of benzene rings is 1. The van der Waals surface area contributed by atoms with Gasteiger partial charge in [0.25, 0.3) is 5.91 Å². The molecule has 1 saturated heterocycles. The molecule has 2 aliphatic heterocycles. The summed E-state index contributed by atoms with van der Waals surface area (Å²) >= 11 is 8.03. The molecule has 1 N–H and O–H groups in total. The van der Waals surface area contributed by atoms with Crippen LogP contribution in [0.5, 0.6) is 0 Å². The Kier molecular flexibility index (Phi) is 4.34. The average molecular weight is 340 g/mol. The van der Waals surface area contributed by atoms with Crippen molar-refractivity contribution in [1.29, 1.82) is 0 Å². The highest BCUT2D eigenvalue weighted by atomic mass is 35.5. The molecule has 2 heterocycles. The van der Waals surface area contributed by atoms with Crippen molar-refractivity contribution in [1.82, 2.24) is 5.06 Å². The van der Waals surface area contributed by atoms with E-state index in [1.807, 2.05) is 32.0 Å². The number of anilines is 1. The maximum absolute atomic E-state index is 12.2.